The van der Waals surface area contributed by atoms with Crippen molar-refractivity contribution in [2.24, 2.45) is 4.99 Å². The molecule has 2 aliphatic rings. The molecule has 0 radical (unpaired) electrons. The van der Waals surface area contributed by atoms with E-state index in [2.05, 4.69) is 4.99 Å². The van der Waals surface area contributed by atoms with Crippen molar-refractivity contribution in [1.82, 2.24) is 14.7 Å². The number of hydrogen-bond donors (Lipinski definition) is 0. The minimum absolute atomic E-state index is 0.204. The number of fused-ring (bicyclic) bond motifs is 1. The maximum absolute atomic E-state index is 11.7. The van der Waals surface area contributed by atoms with E-state index in [1.807, 2.05) is 0 Å². The van der Waals surface area contributed by atoms with Crippen LogP contribution in [0.4, 0.5) is 9.59 Å². The Bertz CT molecular complexity index is 403. The molecule has 0 aromatic heterocycles. The van der Waals surface area contributed by atoms with Gasteiger partial charge in [0.1, 0.15) is 0 Å². The van der Waals surface area contributed by atoms with Crippen LogP contribution < -0.4 is 0 Å². The summed E-state index contributed by atoms with van der Waals surface area (Å²) in [7, 11) is 4.36. The maximum Gasteiger partial charge on any atom is 0.346 e. The molecule has 0 aromatic rings. The van der Waals surface area contributed by atoms with Crippen molar-refractivity contribution >= 4 is 23.8 Å². The molecule has 0 aromatic carbocycles. The zero-order valence-corrected chi connectivity index (χ0v) is 8.59. The smallest absolute Gasteiger partial charge is 0.307 e. The van der Waals surface area contributed by atoms with Crippen LogP contribution in [0.5, 0.6) is 0 Å². The molecule has 7 nitrogen and oxygen atoms in total. The summed E-state index contributed by atoms with van der Waals surface area (Å²) in [5, 5.41) is 0. The molecular weight excluding hydrogens is 200 g/mol. The molecule has 1 saturated heterocycles. The molecule has 15 heavy (non-hydrogen) atoms. The van der Waals surface area contributed by atoms with Gasteiger partial charge in [0.25, 0.3) is 5.91 Å². The van der Waals surface area contributed by atoms with Crippen LogP contribution >= 0.6 is 0 Å². The highest BCUT2D eigenvalue weighted by Gasteiger charge is 2.48. The first kappa shape index (κ1) is 9.63. The van der Waals surface area contributed by atoms with E-state index in [-0.39, 0.29) is 5.84 Å². The van der Waals surface area contributed by atoms with Gasteiger partial charge in [-0.1, -0.05) is 0 Å². The summed E-state index contributed by atoms with van der Waals surface area (Å²) in [5.74, 6) is -0.221. The summed E-state index contributed by atoms with van der Waals surface area (Å²) in [6.45, 7) is 0. The summed E-state index contributed by atoms with van der Waals surface area (Å²) >= 11 is 0. The van der Waals surface area contributed by atoms with Gasteiger partial charge >= 0.3 is 12.1 Å². The largest absolute Gasteiger partial charge is 0.346 e. The molecule has 0 N–H and O–H groups in total. The number of hydrogen-bond acceptors (Lipinski definition) is 3. The number of likely N-dealkylation sites (N-methyl/N-ethyl adjacent to an activating group) is 3. The zero-order chi connectivity index (χ0) is 11.3. The normalized spacial score (nSPS) is 26.1. The fourth-order valence-corrected chi connectivity index (χ4v) is 1.66. The van der Waals surface area contributed by atoms with E-state index >= 15 is 0 Å². The van der Waals surface area contributed by atoms with Crippen LogP contribution in [-0.4, -0.2) is 65.7 Å². The molecule has 0 saturated carbocycles. The van der Waals surface area contributed by atoms with Crippen molar-refractivity contribution in [3.8, 4) is 0 Å². The number of nitrogens with zero attached hydrogens (tertiary/aromatic N) is 4. The molecule has 7 heteroatoms. The van der Waals surface area contributed by atoms with Gasteiger partial charge in [0.05, 0.1) is 0 Å². The van der Waals surface area contributed by atoms with Crippen LogP contribution in [0.1, 0.15) is 0 Å². The Kier molecular flexibility index (Phi) is 1.79. The third-order valence-corrected chi connectivity index (χ3v) is 2.63. The Hall–Kier alpha value is -1.92. The molecule has 5 amide bonds. The van der Waals surface area contributed by atoms with Crippen LogP contribution in [0.2, 0.25) is 0 Å². The lowest BCUT2D eigenvalue weighted by atomic mass is 10.2. The summed E-state index contributed by atoms with van der Waals surface area (Å²) in [6.07, 6.45) is 0. The zero-order valence-electron chi connectivity index (χ0n) is 8.59. The minimum atomic E-state index is -0.759. The van der Waals surface area contributed by atoms with E-state index in [4.69, 9.17) is 0 Å². The van der Waals surface area contributed by atoms with E-state index in [1.54, 1.807) is 0 Å². The van der Waals surface area contributed by atoms with Gasteiger partial charge in [-0.3, -0.25) is 14.6 Å². The third-order valence-electron chi connectivity index (χ3n) is 2.63. The number of carbonyl (C=O) groups is 3. The first-order valence-electron chi connectivity index (χ1n) is 4.35. The number of amidine groups is 1. The fraction of sp³-hybridized carbons (Fsp3) is 0.500. The van der Waals surface area contributed by atoms with E-state index in [1.165, 1.54) is 30.9 Å². The fourth-order valence-electron chi connectivity index (χ4n) is 1.66. The average Bonchev–Trinajstić information content (AvgIpc) is 2.50. The second-order valence-electron chi connectivity index (χ2n) is 3.50. The first-order valence-corrected chi connectivity index (χ1v) is 4.35. The van der Waals surface area contributed by atoms with Gasteiger partial charge in [-0.25, -0.2) is 9.59 Å². The number of urea groups is 2. The van der Waals surface area contributed by atoms with Gasteiger partial charge in [-0.15, -0.1) is 0 Å². The van der Waals surface area contributed by atoms with Crippen molar-refractivity contribution in [1.29, 1.82) is 0 Å². The standard InChI is InChI=1S/C8H10N4O3/c1-10-4-5(9-7(10)14)11(2)8(15)12(3)6(4)13/h4H,1-3H3. The monoisotopic (exact) mass is 210 g/mol. The summed E-state index contributed by atoms with van der Waals surface area (Å²) < 4.78 is 0. The number of aliphatic imine (C=N–C) groups is 1. The summed E-state index contributed by atoms with van der Waals surface area (Å²) in [6, 6.07) is -1.73. The number of imide groups is 1. The lowest BCUT2D eigenvalue weighted by Crippen LogP contribution is -2.61. The van der Waals surface area contributed by atoms with Crippen molar-refractivity contribution in [3.63, 3.8) is 0 Å². The van der Waals surface area contributed by atoms with Crippen LogP contribution in [0, 0.1) is 0 Å². The molecular formula is C8H10N4O3. The van der Waals surface area contributed by atoms with Gasteiger partial charge in [0.15, 0.2) is 11.9 Å². The SMILES string of the molecule is CN1C(=O)C2C(=NC(=O)N2C)N(C)C1=O. The molecule has 1 atom stereocenters. The van der Waals surface area contributed by atoms with Crippen LogP contribution in [0.15, 0.2) is 4.99 Å². The highest BCUT2D eigenvalue weighted by molar-refractivity contribution is 6.25. The van der Waals surface area contributed by atoms with E-state index in [0.717, 1.165) is 4.90 Å². The average molecular weight is 210 g/mol. The van der Waals surface area contributed by atoms with Crippen molar-refractivity contribution in [2.45, 2.75) is 6.04 Å². The Morgan fingerprint density at radius 3 is 2.27 bits per heavy atom. The summed E-state index contributed by atoms with van der Waals surface area (Å²) in [4.78, 5) is 41.6. The lowest BCUT2D eigenvalue weighted by molar-refractivity contribution is -0.130. The number of carbonyl (C=O) groups excluding carboxylic acids is 3. The van der Waals surface area contributed by atoms with Crippen molar-refractivity contribution < 1.29 is 14.4 Å². The number of rotatable bonds is 0. The van der Waals surface area contributed by atoms with Crippen molar-refractivity contribution in [3.05, 3.63) is 0 Å². The topological polar surface area (TPSA) is 73.3 Å². The van der Waals surface area contributed by atoms with Gasteiger partial charge in [-0.05, 0) is 0 Å². The van der Waals surface area contributed by atoms with E-state index in [0.29, 0.717) is 0 Å². The Balaban J connectivity index is 2.47. The molecule has 1 unspecified atom stereocenters. The quantitative estimate of drug-likeness (QED) is 0.533. The van der Waals surface area contributed by atoms with Gasteiger partial charge in [0, 0.05) is 21.1 Å². The van der Waals surface area contributed by atoms with E-state index in [9.17, 15) is 14.4 Å². The number of amides is 5. The summed E-state index contributed by atoms with van der Waals surface area (Å²) in [5.41, 5.74) is 0. The Morgan fingerprint density at radius 2 is 1.67 bits per heavy atom. The maximum atomic E-state index is 11.7. The second kappa shape index (κ2) is 2.78. The van der Waals surface area contributed by atoms with Crippen LogP contribution in [-0.2, 0) is 4.79 Å². The molecule has 80 valence electrons. The van der Waals surface area contributed by atoms with Gasteiger partial charge < -0.3 is 4.90 Å². The molecule has 2 heterocycles. The predicted molar refractivity (Wildman–Crippen MR) is 50.3 cm³/mol. The molecule has 1 fully saturated rings. The van der Waals surface area contributed by atoms with Crippen LogP contribution in [0.3, 0.4) is 0 Å². The highest BCUT2D eigenvalue weighted by atomic mass is 16.2. The van der Waals surface area contributed by atoms with Crippen LogP contribution in [0.25, 0.3) is 0 Å². The first-order chi connectivity index (χ1) is 6.95. The predicted octanol–water partition coefficient (Wildman–Crippen LogP) is -0.657. The third kappa shape index (κ3) is 1.06. The van der Waals surface area contributed by atoms with Gasteiger partial charge in [0.2, 0.25) is 0 Å². The molecule has 0 aliphatic carbocycles. The Labute approximate surface area is 85.9 Å². The molecule has 2 aliphatic heterocycles. The highest BCUT2D eigenvalue weighted by Crippen LogP contribution is 2.20. The molecule has 0 spiro atoms. The van der Waals surface area contributed by atoms with Gasteiger partial charge in [-0.2, -0.15) is 4.99 Å². The molecule has 2 rings (SSSR count). The second-order valence-corrected chi connectivity index (χ2v) is 3.50. The molecule has 0 bridgehead atoms. The minimum Gasteiger partial charge on any atom is -0.307 e. The van der Waals surface area contributed by atoms with E-state index < -0.39 is 24.0 Å². The van der Waals surface area contributed by atoms with Crippen molar-refractivity contribution in [2.75, 3.05) is 21.1 Å². The Morgan fingerprint density at radius 1 is 1.07 bits per heavy atom. The lowest BCUT2D eigenvalue weighted by Gasteiger charge is -2.34.